The maximum Gasteiger partial charge on any atom is 0.354 e. The molecule has 9 rings (SSSR count). The third-order valence-corrected chi connectivity index (χ3v) is 10.2. The maximum atomic E-state index is 10.9. The van der Waals surface area contributed by atoms with Gasteiger partial charge in [-0.25, -0.2) is 44.7 Å². The minimum Gasteiger partial charge on any atom is -0.273 e. The van der Waals surface area contributed by atoms with E-state index < -0.39 is 17.8 Å². The second kappa shape index (κ2) is 12.6. The van der Waals surface area contributed by atoms with Gasteiger partial charge in [0.1, 0.15) is 29.7 Å². The summed E-state index contributed by atoms with van der Waals surface area (Å²) in [6.07, 6.45) is -0.303. The Morgan fingerprint density at radius 3 is 1.14 bits per heavy atom. The van der Waals surface area contributed by atoms with Gasteiger partial charge in [0, 0.05) is 30.5 Å². The molecule has 13 nitrogen and oxygen atoms in total. The molecule has 0 atom stereocenters. The molecule has 1 aliphatic heterocycles. The van der Waals surface area contributed by atoms with Crippen LogP contribution in [0.2, 0.25) is 0 Å². The SMILES string of the molecule is Cc1nc2cc(Br)c3nc(C)nc4cc(Br)c(n1)c2c43.Cc1nc2ccc3nc(C)nc4ccc(n1)c2c34.O=C1CC(=O)N(Br)C(=O)N1Br. The van der Waals surface area contributed by atoms with Gasteiger partial charge < -0.3 is 0 Å². The van der Waals surface area contributed by atoms with E-state index in [-0.39, 0.29) is 6.42 Å². The van der Waals surface area contributed by atoms with Gasteiger partial charge in [0.05, 0.1) is 76.4 Å². The number of benzene rings is 4. The van der Waals surface area contributed by atoms with Crippen molar-refractivity contribution in [2.24, 2.45) is 0 Å². The average Bonchev–Trinajstić information content (AvgIpc) is 3.05. The van der Waals surface area contributed by atoms with Crippen LogP contribution in [-0.4, -0.2) is 65.6 Å². The van der Waals surface area contributed by atoms with Crippen LogP contribution in [0.1, 0.15) is 29.7 Å². The lowest BCUT2D eigenvalue weighted by atomic mass is 10.0. The quantitative estimate of drug-likeness (QED) is 0.0828. The third-order valence-electron chi connectivity index (χ3n) is 7.60. The van der Waals surface area contributed by atoms with Crippen molar-refractivity contribution in [3.63, 3.8) is 0 Å². The first-order valence-electron chi connectivity index (χ1n) is 14.5. The highest BCUT2D eigenvalue weighted by molar-refractivity contribution is 9.11. The Kier molecular flexibility index (Phi) is 8.57. The molecule has 0 unspecified atom stereocenters. The van der Waals surface area contributed by atoms with Crippen LogP contribution in [0.4, 0.5) is 4.79 Å². The van der Waals surface area contributed by atoms with Gasteiger partial charge >= 0.3 is 6.03 Å². The summed E-state index contributed by atoms with van der Waals surface area (Å²) in [7, 11) is 0. The van der Waals surface area contributed by atoms with Gasteiger partial charge in [-0.05, 0) is 96.0 Å². The summed E-state index contributed by atoms with van der Waals surface area (Å²) < 4.78 is 3.26. The van der Waals surface area contributed by atoms with Crippen LogP contribution >= 0.6 is 64.2 Å². The fourth-order valence-corrected chi connectivity index (χ4v) is 7.50. The van der Waals surface area contributed by atoms with Crippen molar-refractivity contribution in [3.05, 3.63) is 68.6 Å². The minimum atomic E-state index is -0.730. The summed E-state index contributed by atoms with van der Waals surface area (Å²) in [6.45, 7) is 7.62. The van der Waals surface area contributed by atoms with Gasteiger partial charge in [0.2, 0.25) is 11.8 Å². The molecule has 4 aromatic heterocycles. The van der Waals surface area contributed by atoms with E-state index >= 15 is 0 Å². The average molecular weight is 912 g/mol. The van der Waals surface area contributed by atoms with E-state index in [4.69, 9.17) is 0 Å². The Hall–Kier alpha value is -4.19. The number of aromatic nitrogens is 8. The van der Waals surface area contributed by atoms with Gasteiger partial charge in [-0.1, -0.05) is 0 Å². The summed E-state index contributed by atoms with van der Waals surface area (Å²) in [4.78, 5) is 68.5. The highest BCUT2D eigenvalue weighted by atomic mass is 79.9. The first-order valence-corrected chi connectivity index (χ1v) is 17.5. The zero-order valence-corrected chi connectivity index (χ0v) is 32.2. The molecule has 49 heavy (non-hydrogen) atoms. The summed E-state index contributed by atoms with van der Waals surface area (Å²) in [6, 6.07) is 11.3. The number of halogens is 4. The van der Waals surface area contributed by atoms with Gasteiger partial charge in [0.25, 0.3) is 0 Å². The minimum absolute atomic E-state index is 0.303. The molecular formula is C32H20Br4N10O3. The van der Waals surface area contributed by atoms with Crippen LogP contribution in [0.5, 0.6) is 0 Å². The predicted octanol–water partition coefficient (Wildman–Crippen LogP) is 7.87. The van der Waals surface area contributed by atoms with Crippen molar-refractivity contribution in [1.29, 1.82) is 0 Å². The molecule has 1 aliphatic rings. The van der Waals surface area contributed by atoms with E-state index in [1.807, 2.05) is 64.1 Å². The molecule has 17 heteroatoms. The van der Waals surface area contributed by atoms with Gasteiger partial charge in [-0.2, -0.15) is 7.85 Å². The molecule has 0 N–H and O–H groups in total. The lowest BCUT2D eigenvalue weighted by Crippen LogP contribution is -2.46. The number of urea groups is 1. The van der Waals surface area contributed by atoms with Crippen molar-refractivity contribution >= 4 is 148 Å². The van der Waals surface area contributed by atoms with Crippen molar-refractivity contribution < 1.29 is 14.4 Å². The van der Waals surface area contributed by atoms with Crippen LogP contribution in [0.15, 0.2) is 45.3 Å². The number of nitrogens with zero attached hydrogens (tertiary/aromatic N) is 10. The Morgan fingerprint density at radius 2 is 0.796 bits per heavy atom. The summed E-state index contributed by atoms with van der Waals surface area (Å²) >= 11 is 12.6. The Labute approximate surface area is 310 Å². The maximum absolute atomic E-state index is 10.9. The number of barbiturate groups is 1. The first-order chi connectivity index (χ1) is 23.3. The number of amides is 4. The Bertz CT molecular complexity index is 2430. The number of hydrogen-bond donors (Lipinski definition) is 0. The Balaban J connectivity index is 0.000000121. The molecule has 0 bridgehead atoms. The molecule has 0 aliphatic carbocycles. The van der Waals surface area contributed by atoms with E-state index in [1.165, 1.54) is 0 Å². The largest absolute Gasteiger partial charge is 0.354 e. The fourth-order valence-electron chi connectivity index (χ4n) is 5.72. The molecular weight excluding hydrogens is 892 g/mol. The van der Waals surface area contributed by atoms with E-state index in [2.05, 4.69) is 104 Å². The number of rotatable bonds is 0. The number of carbonyl (C=O) groups excluding carboxylic acids is 3. The van der Waals surface area contributed by atoms with Crippen LogP contribution in [-0.2, 0) is 9.59 Å². The van der Waals surface area contributed by atoms with E-state index in [0.29, 0.717) is 7.85 Å². The monoisotopic (exact) mass is 908 g/mol. The second-order valence-corrected chi connectivity index (χ2v) is 14.2. The lowest BCUT2D eigenvalue weighted by Gasteiger charge is -2.22. The molecule has 244 valence electrons. The number of imide groups is 2. The molecule has 4 aromatic carbocycles. The van der Waals surface area contributed by atoms with Crippen LogP contribution in [0, 0.1) is 27.7 Å². The van der Waals surface area contributed by atoms with Crippen molar-refractivity contribution in [1.82, 2.24) is 47.7 Å². The molecule has 1 saturated heterocycles. The molecule has 0 radical (unpaired) electrons. The zero-order valence-electron chi connectivity index (χ0n) is 25.9. The standard InChI is InChI=1S/C14H8Br2N4.C14H10N4.C4H2Br2N2O3/c1-5-17-9-3-8(16)14-12-10(18-6(2)20-14)4-7(15)13(19-5)11(9)12;1-7-15-9-3-5-11-14-12(18-8(2)17-11)6-4-10(16-7)13(9)14;5-7-2(9)1-3(10)8(6)4(7)11/h3-4H,1-2H3;3-6H,1-2H3;1H2. The van der Waals surface area contributed by atoms with Crippen molar-refractivity contribution in [2.75, 3.05) is 0 Å². The zero-order chi connectivity index (χ0) is 34.9. The Morgan fingerprint density at radius 1 is 0.490 bits per heavy atom. The van der Waals surface area contributed by atoms with Crippen molar-refractivity contribution in [2.45, 2.75) is 34.1 Å². The molecule has 5 heterocycles. The highest BCUT2D eigenvalue weighted by Gasteiger charge is 2.35. The summed E-state index contributed by atoms with van der Waals surface area (Å²) in [5.74, 6) is 1.96. The van der Waals surface area contributed by atoms with Crippen LogP contribution in [0.3, 0.4) is 0 Å². The van der Waals surface area contributed by atoms with Gasteiger partial charge in [-0.15, -0.1) is 0 Å². The third kappa shape index (κ3) is 5.91. The number of hydrogen-bond acceptors (Lipinski definition) is 11. The van der Waals surface area contributed by atoms with E-state index in [9.17, 15) is 14.4 Å². The van der Waals surface area contributed by atoms with Crippen molar-refractivity contribution in [3.8, 4) is 0 Å². The second-order valence-electron chi connectivity index (χ2n) is 11.1. The van der Waals surface area contributed by atoms with Gasteiger partial charge in [-0.3, -0.25) is 9.59 Å². The summed E-state index contributed by atoms with van der Waals surface area (Å²) in [5.41, 5.74) is 7.48. The highest BCUT2D eigenvalue weighted by Crippen LogP contribution is 2.39. The smallest absolute Gasteiger partial charge is 0.273 e. The summed E-state index contributed by atoms with van der Waals surface area (Å²) in [5, 5.41) is 4.16. The van der Waals surface area contributed by atoms with Gasteiger partial charge in [0.15, 0.2) is 0 Å². The van der Waals surface area contributed by atoms with Crippen LogP contribution in [0.25, 0.3) is 65.7 Å². The predicted molar refractivity (Wildman–Crippen MR) is 199 cm³/mol. The molecule has 1 fully saturated rings. The molecule has 0 spiro atoms. The molecule has 0 saturated carbocycles. The van der Waals surface area contributed by atoms with E-state index in [0.717, 1.165) is 97.9 Å². The molecule has 8 aromatic rings. The van der Waals surface area contributed by atoms with Crippen LogP contribution < -0.4 is 0 Å². The topological polar surface area (TPSA) is 161 Å². The lowest BCUT2D eigenvalue weighted by molar-refractivity contribution is -0.135. The first kappa shape index (κ1) is 33.3. The van der Waals surface area contributed by atoms with E-state index in [1.54, 1.807) is 0 Å². The number of aryl methyl sites for hydroxylation is 4. The fraction of sp³-hybridized carbons (Fsp3) is 0.156. The normalized spacial score (nSPS) is 13.7. The number of carbonyl (C=O) groups is 3. The molecule has 4 amide bonds.